The summed E-state index contributed by atoms with van der Waals surface area (Å²) < 4.78 is 0. The third-order valence-electron chi connectivity index (χ3n) is 3.65. The van der Waals surface area contributed by atoms with Crippen molar-refractivity contribution < 1.29 is 24.0 Å². The van der Waals surface area contributed by atoms with E-state index in [9.17, 15) is 5.11 Å². The van der Waals surface area contributed by atoms with Gasteiger partial charge < -0.3 is 5.11 Å². The van der Waals surface area contributed by atoms with Crippen LogP contribution >= 0.6 is 0 Å². The maximum atomic E-state index is 11.4. The maximum absolute atomic E-state index is 11.4. The first-order valence-electron chi connectivity index (χ1n) is 5.15. The predicted molar refractivity (Wildman–Crippen MR) is 47.4 cm³/mol. The van der Waals surface area contributed by atoms with Gasteiger partial charge in [0, 0.05) is 0 Å². The van der Waals surface area contributed by atoms with Crippen LogP contribution in [0.3, 0.4) is 0 Å². The van der Waals surface area contributed by atoms with Crippen LogP contribution in [0.25, 0.3) is 0 Å². The summed E-state index contributed by atoms with van der Waals surface area (Å²) in [6.07, 6.45) is 7.37. The number of hydrogen-bond donors (Lipinski definition) is 0. The van der Waals surface area contributed by atoms with E-state index in [1.165, 1.54) is 37.7 Å². The minimum Gasteiger partial charge on any atom is -0.875 e. The van der Waals surface area contributed by atoms with Crippen molar-refractivity contribution in [1.29, 1.82) is 0 Å². The molecule has 2 rings (SSSR count). The molecule has 2 atom stereocenters. The summed E-state index contributed by atoms with van der Waals surface area (Å²) in [5, 5.41) is 11.4. The molecule has 1 fully saturated rings. The summed E-state index contributed by atoms with van der Waals surface area (Å²) in [4.78, 5) is 0. The van der Waals surface area contributed by atoms with E-state index in [0.717, 1.165) is 12.3 Å². The van der Waals surface area contributed by atoms with Gasteiger partial charge in [-0.2, -0.15) is 0 Å². The van der Waals surface area contributed by atoms with Gasteiger partial charge in [0.15, 0.2) is 0 Å². The van der Waals surface area contributed by atoms with Gasteiger partial charge in [-0.1, -0.05) is 18.4 Å². The zero-order chi connectivity index (χ0) is 8.55. The average Bonchev–Trinajstić information content (AvgIpc) is 2.12. The molecular weight excluding hydrogens is 155 g/mol. The zero-order valence-corrected chi connectivity index (χ0v) is 8.81. The van der Waals surface area contributed by atoms with E-state index >= 15 is 0 Å². The smallest absolute Gasteiger partial charge is 0.875 e. The molecule has 0 spiro atoms. The molecule has 1 nitrogen and oxygen atoms in total. The Morgan fingerprint density at radius 3 is 2.62 bits per heavy atom. The second-order valence-electron chi connectivity index (χ2n) is 4.30. The van der Waals surface area contributed by atoms with Crippen molar-refractivity contribution in [2.45, 2.75) is 45.4 Å². The number of fused-ring (bicyclic) bond motifs is 1. The molecule has 2 aliphatic rings. The van der Waals surface area contributed by atoms with Crippen LogP contribution in [0.4, 0.5) is 0 Å². The summed E-state index contributed by atoms with van der Waals surface area (Å²) in [6.45, 7) is 2.06. The Hall–Kier alpha value is 0.137. The van der Waals surface area contributed by atoms with Gasteiger partial charge >= 0.3 is 18.9 Å². The van der Waals surface area contributed by atoms with Gasteiger partial charge in [0.1, 0.15) is 0 Å². The van der Waals surface area contributed by atoms with Gasteiger partial charge in [0.25, 0.3) is 0 Å². The molecule has 0 bridgehead atoms. The van der Waals surface area contributed by atoms with Crippen molar-refractivity contribution in [1.82, 2.24) is 0 Å². The van der Waals surface area contributed by atoms with Gasteiger partial charge in [-0.05, 0) is 44.4 Å². The van der Waals surface area contributed by atoms with Crippen LogP contribution < -0.4 is 24.0 Å². The summed E-state index contributed by atoms with van der Waals surface area (Å²) in [7, 11) is 0. The van der Waals surface area contributed by atoms with Gasteiger partial charge in [-0.15, -0.1) is 5.76 Å². The molecule has 2 heteroatoms. The fourth-order valence-electron chi connectivity index (χ4n) is 2.84. The molecule has 13 heavy (non-hydrogen) atoms. The van der Waals surface area contributed by atoms with Crippen molar-refractivity contribution in [2.75, 3.05) is 0 Å². The van der Waals surface area contributed by atoms with Gasteiger partial charge in [0.05, 0.1) is 0 Å². The maximum Gasteiger partial charge on any atom is 1.00 e. The fraction of sp³-hybridized carbons (Fsp3) is 0.818. The first kappa shape index (κ1) is 11.2. The van der Waals surface area contributed by atoms with Crippen LogP contribution in [0, 0.1) is 11.8 Å². The monoisotopic (exact) mass is 172 g/mol. The Balaban J connectivity index is 0.000000845. The van der Waals surface area contributed by atoms with E-state index in [-0.39, 0.29) is 18.9 Å². The van der Waals surface area contributed by atoms with Crippen molar-refractivity contribution in [3.63, 3.8) is 0 Å². The molecule has 0 unspecified atom stereocenters. The van der Waals surface area contributed by atoms with Crippen LogP contribution in [0.2, 0.25) is 0 Å². The van der Waals surface area contributed by atoms with E-state index in [1.807, 2.05) is 0 Å². The standard InChI is InChI=1S/C11H18O.Li/c1-8-10-5-3-2-4-9(10)6-7-11(8)12;/h9-10,12H,2-7H2,1H3;/q;+1/p-1/t9-,10-;/m0./s1. The minimum atomic E-state index is 0. The quantitative estimate of drug-likeness (QED) is 0.440. The zero-order valence-electron chi connectivity index (χ0n) is 8.81. The topological polar surface area (TPSA) is 23.1 Å². The van der Waals surface area contributed by atoms with E-state index in [1.54, 1.807) is 0 Å². The van der Waals surface area contributed by atoms with Crippen LogP contribution in [-0.4, -0.2) is 0 Å². The SMILES string of the molecule is CC1=C([O-])CC[C@@H]2CCCC[C@@H]12.[Li+]. The average molecular weight is 172 g/mol. The van der Waals surface area contributed by atoms with Crippen molar-refractivity contribution in [3.05, 3.63) is 11.3 Å². The van der Waals surface area contributed by atoms with Gasteiger partial charge in [0.2, 0.25) is 0 Å². The second-order valence-corrected chi connectivity index (χ2v) is 4.30. The molecule has 2 aliphatic carbocycles. The minimum absolute atomic E-state index is 0. The molecule has 1 saturated carbocycles. The number of allylic oxidation sites excluding steroid dienone is 2. The van der Waals surface area contributed by atoms with E-state index in [4.69, 9.17) is 0 Å². The first-order chi connectivity index (χ1) is 5.79. The molecule has 0 aromatic rings. The van der Waals surface area contributed by atoms with Gasteiger partial charge in [-0.3, -0.25) is 0 Å². The van der Waals surface area contributed by atoms with Crippen LogP contribution in [-0.2, 0) is 0 Å². The van der Waals surface area contributed by atoms with Gasteiger partial charge in [-0.25, -0.2) is 0 Å². The molecule has 0 amide bonds. The Morgan fingerprint density at radius 1 is 1.15 bits per heavy atom. The third-order valence-corrected chi connectivity index (χ3v) is 3.65. The van der Waals surface area contributed by atoms with E-state index in [0.29, 0.717) is 11.7 Å². The summed E-state index contributed by atoms with van der Waals surface area (Å²) in [6, 6.07) is 0. The number of hydrogen-bond acceptors (Lipinski definition) is 1. The summed E-state index contributed by atoms with van der Waals surface area (Å²) >= 11 is 0. The van der Waals surface area contributed by atoms with Crippen molar-refractivity contribution in [3.8, 4) is 0 Å². The third kappa shape index (κ3) is 2.14. The molecule has 0 aromatic carbocycles. The molecule has 0 aliphatic heterocycles. The Labute approximate surface area is 92.8 Å². The first-order valence-corrected chi connectivity index (χ1v) is 5.15. The van der Waals surface area contributed by atoms with E-state index < -0.39 is 0 Å². The Bertz CT molecular complexity index is 210. The largest absolute Gasteiger partial charge is 1.00 e. The van der Waals surface area contributed by atoms with Crippen molar-refractivity contribution in [2.24, 2.45) is 11.8 Å². The molecule has 0 saturated heterocycles. The van der Waals surface area contributed by atoms with Crippen LogP contribution in [0.5, 0.6) is 0 Å². The summed E-state index contributed by atoms with van der Waals surface area (Å²) in [5.74, 6) is 1.97. The Morgan fingerprint density at radius 2 is 1.85 bits per heavy atom. The second kappa shape index (κ2) is 4.58. The van der Waals surface area contributed by atoms with Crippen molar-refractivity contribution >= 4 is 0 Å². The Kier molecular flexibility index (Phi) is 3.95. The molecule has 0 radical (unpaired) electrons. The van der Waals surface area contributed by atoms with Crippen LogP contribution in [0.1, 0.15) is 45.4 Å². The predicted octanol–water partition coefficient (Wildman–Crippen LogP) is -0.775. The summed E-state index contributed by atoms with van der Waals surface area (Å²) in [5.41, 5.74) is 1.19. The van der Waals surface area contributed by atoms with Crippen LogP contribution in [0.15, 0.2) is 11.3 Å². The molecule has 0 N–H and O–H groups in total. The molecule has 0 aromatic heterocycles. The fourth-order valence-corrected chi connectivity index (χ4v) is 2.84. The molecule has 0 heterocycles. The molecular formula is C11H17LiO. The normalized spacial score (nSPS) is 33.6. The number of rotatable bonds is 0. The molecule has 68 valence electrons. The van der Waals surface area contributed by atoms with E-state index in [2.05, 4.69) is 6.92 Å².